The summed E-state index contributed by atoms with van der Waals surface area (Å²) in [6.07, 6.45) is -1.67. The van der Waals surface area contributed by atoms with Crippen LogP contribution in [0.25, 0.3) is 0 Å². The molecule has 2 aromatic rings. The molecule has 2 fully saturated rings. The largest absolute Gasteiger partial charge is 0.444 e. The lowest BCUT2D eigenvalue weighted by Gasteiger charge is -2.36. The lowest BCUT2D eigenvalue weighted by atomic mass is 10.0. The molecule has 2 heterocycles. The number of sulfone groups is 1. The maximum atomic E-state index is 14.5. The van der Waals surface area contributed by atoms with Gasteiger partial charge >= 0.3 is 12.2 Å². The average molecular weight is 744 g/mol. The van der Waals surface area contributed by atoms with Gasteiger partial charge in [0.05, 0.1) is 23.6 Å². The van der Waals surface area contributed by atoms with Crippen LogP contribution >= 0.6 is 0 Å². The Hall–Kier alpha value is -4.70. The first kappa shape index (κ1) is 40.1. The topological polar surface area (TPSA) is 192 Å². The van der Waals surface area contributed by atoms with Crippen LogP contribution < -0.4 is 10.6 Å². The molecule has 0 radical (unpaired) electrons. The number of benzene rings is 2. The van der Waals surface area contributed by atoms with Crippen LogP contribution in [0.5, 0.6) is 0 Å². The zero-order valence-electron chi connectivity index (χ0n) is 31.0. The van der Waals surface area contributed by atoms with Crippen molar-refractivity contribution in [2.75, 3.05) is 24.7 Å². The highest BCUT2D eigenvalue weighted by molar-refractivity contribution is 7.90. The summed E-state index contributed by atoms with van der Waals surface area (Å²) in [5.74, 6) is -1.99. The summed E-state index contributed by atoms with van der Waals surface area (Å²) < 4.78 is 35.3. The van der Waals surface area contributed by atoms with Crippen molar-refractivity contribution in [3.63, 3.8) is 0 Å². The van der Waals surface area contributed by atoms with Crippen LogP contribution in [0.15, 0.2) is 53.4 Å². The number of aliphatic hydroxyl groups is 1. The van der Waals surface area contributed by atoms with Gasteiger partial charge in [-0.3, -0.25) is 19.7 Å². The van der Waals surface area contributed by atoms with E-state index < -0.39 is 75.2 Å². The van der Waals surface area contributed by atoms with Gasteiger partial charge < -0.3 is 24.8 Å². The second-order valence-corrected chi connectivity index (χ2v) is 17.5. The van der Waals surface area contributed by atoms with Gasteiger partial charge in [0.25, 0.3) is 17.7 Å². The van der Waals surface area contributed by atoms with Gasteiger partial charge in [0.2, 0.25) is 0 Å². The maximum absolute atomic E-state index is 14.5. The van der Waals surface area contributed by atoms with Gasteiger partial charge in [-0.15, -0.1) is 0 Å². The minimum absolute atomic E-state index is 0.0571. The third-order valence-corrected chi connectivity index (χ3v) is 9.29. The number of hydrogen-bond acceptors (Lipinski definition) is 10. The summed E-state index contributed by atoms with van der Waals surface area (Å²) >= 11 is 0. The fraction of sp³-hybridized carbons (Fsp3) is 0.528. The van der Waals surface area contributed by atoms with Gasteiger partial charge in [0.15, 0.2) is 9.84 Å². The fourth-order valence-corrected chi connectivity index (χ4v) is 6.73. The van der Waals surface area contributed by atoms with E-state index in [0.717, 1.165) is 16.3 Å². The minimum atomic E-state index is -3.63. The number of nitrogens with zero attached hydrogens (tertiary/aromatic N) is 3. The van der Waals surface area contributed by atoms with Crippen LogP contribution in [0.3, 0.4) is 0 Å². The Morgan fingerprint density at radius 1 is 0.904 bits per heavy atom. The number of amides is 5. The predicted octanol–water partition coefficient (Wildman–Crippen LogP) is 3.83. The number of carbonyl (C=O) groups excluding carboxylic acids is 5. The molecule has 3 N–H and O–H groups in total. The third-order valence-electron chi connectivity index (χ3n) is 8.18. The average Bonchev–Trinajstić information content (AvgIpc) is 3.55. The number of hydrogen-bond donors (Lipinski definition) is 3. The number of ether oxygens (including phenoxy) is 2. The number of carbonyl (C=O) groups is 5. The molecule has 15 nitrogen and oxygen atoms in total. The van der Waals surface area contributed by atoms with Gasteiger partial charge in [-0.2, -0.15) is 0 Å². The van der Waals surface area contributed by atoms with Crippen LogP contribution in [0.1, 0.15) is 82.5 Å². The van der Waals surface area contributed by atoms with E-state index in [1.165, 1.54) is 53.4 Å². The van der Waals surface area contributed by atoms with Crippen molar-refractivity contribution in [3.8, 4) is 0 Å². The first-order valence-corrected chi connectivity index (χ1v) is 18.9. The van der Waals surface area contributed by atoms with Crippen LogP contribution in [0, 0.1) is 5.92 Å². The van der Waals surface area contributed by atoms with E-state index in [0.29, 0.717) is 5.69 Å². The molecule has 0 bridgehead atoms. The Morgan fingerprint density at radius 2 is 1.52 bits per heavy atom. The van der Waals surface area contributed by atoms with E-state index in [1.807, 2.05) is 13.8 Å². The molecule has 2 aromatic carbocycles. The van der Waals surface area contributed by atoms with E-state index in [2.05, 4.69) is 10.6 Å². The molecule has 2 saturated heterocycles. The monoisotopic (exact) mass is 743 g/mol. The molecular formula is C36H49N5O10S. The molecule has 16 heteroatoms. The zero-order chi connectivity index (χ0) is 38.9. The molecule has 2 unspecified atom stereocenters. The lowest BCUT2D eigenvalue weighted by molar-refractivity contribution is -0.152. The van der Waals surface area contributed by atoms with Gasteiger partial charge in [0.1, 0.15) is 23.3 Å². The number of aliphatic hydroxyl groups excluding tert-OH is 1. The minimum Gasteiger partial charge on any atom is -0.444 e. The quantitative estimate of drug-likeness (QED) is 0.358. The van der Waals surface area contributed by atoms with Gasteiger partial charge in [-0.05, 0) is 96.3 Å². The molecule has 0 spiro atoms. The molecule has 52 heavy (non-hydrogen) atoms. The second kappa shape index (κ2) is 15.1. The number of rotatable bonds is 8. The summed E-state index contributed by atoms with van der Waals surface area (Å²) in [7, 11) is -3.63. The summed E-state index contributed by atoms with van der Waals surface area (Å²) in [4.78, 5) is 68.9. The molecule has 0 aliphatic carbocycles. The van der Waals surface area contributed by atoms with Crippen LogP contribution in [0.4, 0.5) is 15.3 Å². The number of fused-ring (bicyclic) bond motifs is 1. The smallest absolute Gasteiger partial charge is 0.429 e. The highest BCUT2D eigenvalue weighted by Crippen LogP contribution is 2.35. The van der Waals surface area contributed by atoms with Crippen molar-refractivity contribution >= 4 is 45.4 Å². The Bertz CT molecular complexity index is 1800. The van der Waals surface area contributed by atoms with E-state index in [-0.39, 0.29) is 41.5 Å². The number of nitrogens with one attached hydrogen (secondary N) is 2. The number of anilines is 1. The number of β-amino-alcohol motifs (C(OH)–C–C–N with tert-alkyl or cyclic N) is 1. The highest BCUT2D eigenvalue weighted by atomic mass is 32.2. The second-order valence-electron chi connectivity index (χ2n) is 15.5. The molecule has 0 aromatic heterocycles. The number of likely N-dealkylation sites (tertiary alicyclic amines) is 1. The molecule has 4 atom stereocenters. The Kier molecular flexibility index (Phi) is 11.6. The van der Waals surface area contributed by atoms with Crippen LogP contribution in [-0.2, 0) is 24.1 Å². The summed E-state index contributed by atoms with van der Waals surface area (Å²) in [6, 6.07) is 8.33. The lowest BCUT2D eigenvalue weighted by Crippen LogP contribution is -2.58. The first-order chi connectivity index (χ1) is 23.9. The normalized spacial score (nSPS) is 19.6. The molecule has 2 aliphatic heterocycles. The SMILES string of the molecule is CC(C)C[C@H](NC(=O)c1ccc(NC(=O)OC(C)(C)C)cc1)C(=O)N1[C@@H]2C(O)CN(C(=O)c3cccc(S(C)(=O)=O)c3)C2CN1C(=O)OC(C)(C)C. The van der Waals surface area contributed by atoms with Gasteiger partial charge in [0, 0.05) is 29.6 Å². The molecule has 5 amide bonds. The van der Waals surface area contributed by atoms with E-state index in [9.17, 15) is 37.5 Å². The van der Waals surface area contributed by atoms with E-state index in [1.54, 1.807) is 41.5 Å². The van der Waals surface area contributed by atoms with Crippen LogP contribution in [-0.4, -0.2) is 113 Å². The van der Waals surface area contributed by atoms with E-state index >= 15 is 0 Å². The predicted molar refractivity (Wildman–Crippen MR) is 191 cm³/mol. The summed E-state index contributed by atoms with van der Waals surface area (Å²) in [5.41, 5.74) is -1.03. The van der Waals surface area contributed by atoms with Crippen LogP contribution in [0.2, 0.25) is 0 Å². The Morgan fingerprint density at radius 3 is 2.08 bits per heavy atom. The van der Waals surface area contributed by atoms with Crippen molar-refractivity contribution in [2.45, 2.75) is 102 Å². The summed E-state index contributed by atoms with van der Waals surface area (Å²) in [6.45, 7) is 13.5. The number of hydrazine groups is 1. The van der Waals surface area contributed by atoms with Gasteiger partial charge in [-0.25, -0.2) is 28.0 Å². The molecular weight excluding hydrogens is 694 g/mol. The van der Waals surface area contributed by atoms with Crippen molar-refractivity contribution < 1.29 is 47.0 Å². The van der Waals surface area contributed by atoms with Gasteiger partial charge in [-0.1, -0.05) is 19.9 Å². The fourth-order valence-electron chi connectivity index (χ4n) is 6.07. The van der Waals surface area contributed by atoms with Crippen molar-refractivity contribution in [1.82, 2.24) is 20.2 Å². The zero-order valence-corrected chi connectivity index (χ0v) is 31.8. The van der Waals surface area contributed by atoms with Crippen molar-refractivity contribution in [1.29, 1.82) is 0 Å². The van der Waals surface area contributed by atoms with Crippen molar-refractivity contribution in [3.05, 3.63) is 59.7 Å². The van der Waals surface area contributed by atoms with E-state index in [4.69, 9.17) is 9.47 Å². The van der Waals surface area contributed by atoms with Crippen molar-refractivity contribution in [2.24, 2.45) is 5.92 Å². The maximum Gasteiger partial charge on any atom is 0.429 e. The third kappa shape index (κ3) is 9.79. The molecule has 4 rings (SSSR count). The highest BCUT2D eigenvalue weighted by Gasteiger charge is 2.57. The standard InChI is InChI=1S/C36H49N5O10S/c1-21(2)17-26(38-30(43)22-13-15-24(16-14-22)37-33(46)50-35(3,4)5)32(45)41-29-27(19-40(41)34(47)51-36(6,7)8)39(20-28(29)42)31(44)23-11-10-12-25(18-23)52(9,48)49/h10-16,18,21,26-29,42H,17,19-20H2,1-9H3,(H,37,46)(H,38,43)/t26-,27?,28?,29-/m0/s1. The molecule has 2 aliphatic rings. The first-order valence-electron chi connectivity index (χ1n) is 17.0. The molecule has 284 valence electrons. The Labute approximate surface area is 304 Å². The Balaban J connectivity index is 1.63. The molecule has 0 saturated carbocycles. The summed E-state index contributed by atoms with van der Waals surface area (Å²) in [5, 5.41) is 18.9.